The van der Waals surface area contributed by atoms with E-state index in [9.17, 15) is 4.79 Å². The number of rotatable bonds is 4. The van der Waals surface area contributed by atoms with Crippen LogP contribution in [-0.2, 0) is 9.47 Å². The van der Waals surface area contributed by atoms with Gasteiger partial charge >= 0.3 is 5.97 Å². The molecule has 1 N–H and O–H groups in total. The van der Waals surface area contributed by atoms with Gasteiger partial charge in [-0.3, -0.25) is 0 Å². The van der Waals surface area contributed by atoms with Crippen LogP contribution >= 0.6 is 0 Å². The first-order chi connectivity index (χ1) is 6.25. The quantitative estimate of drug-likeness (QED) is 0.524. The lowest BCUT2D eigenvalue weighted by molar-refractivity contribution is 0.0381. The summed E-state index contributed by atoms with van der Waals surface area (Å²) in [5.41, 5.74) is 0.749. The Labute approximate surface area is 75.2 Å². The number of hydrogen-bond acceptors (Lipinski definition) is 5. The minimum atomic E-state index is -0.483. The summed E-state index contributed by atoms with van der Waals surface area (Å²) in [6, 6.07) is 0. The molecule has 72 valence electrons. The van der Waals surface area contributed by atoms with E-state index in [0.29, 0.717) is 12.3 Å². The average molecular weight is 185 g/mol. The van der Waals surface area contributed by atoms with Gasteiger partial charge in [0.25, 0.3) is 0 Å². The van der Waals surface area contributed by atoms with Crippen LogP contribution in [0, 0.1) is 6.92 Å². The molecule has 1 heterocycles. The number of aryl methyl sites for hydroxylation is 1. The Hall–Kier alpha value is -1.43. The summed E-state index contributed by atoms with van der Waals surface area (Å²) in [4.78, 5) is 11.2. The van der Waals surface area contributed by atoms with Crippen LogP contribution in [-0.4, -0.2) is 41.7 Å². The molecule has 6 heteroatoms. The van der Waals surface area contributed by atoms with Crippen LogP contribution in [0.2, 0.25) is 0 Å². The highest BCUT2D eigenvalue weighted by Crippen LogP contribution is 2.00. The van der Waals surface area contributed by atoms with Gasteiger partial charge in [0.15, 0.2) is 5.69 Å². The Morgan fingerprint density at radius 3 is 2.77 bits per heavy atom. The molecule has 0 fully saturated rings. The minimum absolute atomic E-state index is 0.219. The molecule has 0 aliphatic rings. The largest absolute Gasteiger partial charge is 0.458 e. The summed E-state index contributed by atoms with van der Waals surface area (Å²) in [6.45, 7) is 2.28. The van der Waals surface area contributed by atoms with Crippen molar-refractivity contribution in [2.24, 2.45) is 0 Å². The van der Waals surface area contributed by atoms with E-state index >= 15 is 0 Å². The zero-order chi connectivity index (χ0) is 9.68. The topological polar surface area (TPSA) is 77.1 Å². The summed E-state index contributed by atoms with van der Waals surface area (Å²) in [7, 11) is 1.54. The number of carbonyl (C=O) groups is 1. The number of carbonyl (C=O) groups excluding carboxylic acids is 1. The highest BCUT2D eigenvalue weighted by atomic mass is 16.6. The van der Waals surface area contributed by atoms with Crippen molar-refractivity contribution in [2.45, 2.75) is 6.92 Å². The molecule has 6 nitrogen and oxygen atoms in total. The lowest BCUT2D eigenvalue weighted by atomic mass is 10.3. The molecule has 0 radical (unpaired) electrons. The molecule has 1 aromatic rings. The number of ether oxygens (including phenoxy) is 2. The van der Waals surface area contributed by atoms with Gasteiger partial charge in [0.1, 0.15) is 6.61 Å². The fourth-order valence-electron chi connectivity index (χ4n) is 0.763. The molecule has 0 aliphatic carbocycles. The highest BCUT2D eigenvalue weighted by molar-refractivity contribution is 5.88. The van der Waals surface area contributed by atoms with E-state index in [-0.39, 0.29) is 12.3 Å². The summed E-state index contributed by atoms with van der Waals surface area (Å²) in [5.74, 6) is -0.483. The van der Waals surface area contributed by atoms with Crippen LogP contribution in [0.15, 0.2) is 0 Å². The first-order valence-electron chi connectivity index (χ1n) is 3.79. The van der Waals surface area contributed by atoms with Gasteiger partial charge in [-0.25, -0.2) is 4.79 Å². The van der Waals surface area contributed by atoms with Gasteiger partial charge in [-0.05, 0) is 6.92 Å². The SMILES string of the molecule is COCCOC(=O)c1n[nH]nc1C. The van der Waals surface area contributed by atoms with Crippen LogP contribution in [0.5, 0.6) is 0 Å². The summed E-state index contributed by atoms with van der Waals surface area (Å²) in [6.07, 6.45) is 0. The third kappa shape index (κ3) is 2.51. The van der Waals surface area contributed by atoms with E-state index in [1.54, 1.807) is 6.92 Å². The van der Waals surface area contributed by atoms with Crippen LogP contribution in [0.25, 0.3) is 0 Å². The van der Waals surface area contributed by atoms with Gasteiger partial charge in [0.05, 0.1) is 12.3 Å². The van der Waals surface area contributed by atoms with E-state index in [1.807, 2.05) is 0 Å². The van der Waals surface area contributed by atoms with Crippen molar-refractivity contribution in [1.82, 2.24) is 15.4 Å². The second-order valence-electron chi connectivity index (χ2n) is 2.39. The maximum absolute atomic E-state index is 11.2. The fourth-order valence-corrected chi connectivity index (χ4v) is 0.763. The van der Waals surface area contributed by atoms with Gasteiger partial charge in [-0.2, -0.15) is 10.3 Å². The molecule has 0 saturated heterocycles. The van der Waals surface area contributed by atoms with E-state index in [2.05, 4.69) is 15.4 Å². The van der Waals surface area contributed by atoms with Gasteiger partial charge in [0, 0.05) is 7.11 Å². The standard InChI is InChI=1S/C7H11N3O3/c1-5-6(9-10-8-5)7(11)13-4-3-12-2/h3-4H2,1-2H3,(H,8,9,10). The molecule has 0 aromatic carbocycles. The maximum atomic E-state index is 11.2. The zero-order valence-electron chi connectivity index (χ0n) is 7.53. The monoisotopic (exact) mass is 185 g/mol. The molecular formula is C7H11N3O3. The number of aromatic amines is 1. The van der Waals surface area contributed by atoms with E-state index in [0.717, 1.165) is 0 Å². The number of nitrogens with zero attached hydrogens (tertiary/aromatic N) is 2. The van der Waals surface area contributed by atoms with Gasteiger partial charge in [0.2, 0.25) is 0 Å². The van der Waals surface area contributed by atoms with Crippen molar-refractivity contribution in [2.75, 3.05) is 20.3 Å². The van der Waals surface area contributed by atoms with Crippen molar-refractivity contribution in [3.05, 3.63) is 11.4 Å². The molecule has 0 aliphatic heterocycles. The smallest absolute Gasteiger partial charge is 0.360 e. The van der Waals surface area contributed by atoms with E-state index < -0.39 is 5.97 Å². The van der Waals surface area contributed by atoms with Crippen molar-refractivity contribution in [3.63, 3.8) is 0 Å². The number of nitrogens with one attached hydrogen (secondary N) is 1. The molecule has 0 atom stereocenters. The predicted molar refractivity (Wildman–Crippen MR) is 43.3 cm³/mol. The molecule has 0 amide bonds. The molecule has 1 aromatic heterocycles. The zero-order valence-corrected chi connectivity index (χ0v) is 7.53. The average Bonchev–Trinajstić information content (AvgIpc) is 2.52. The van der Waals surface area contributed by atoms with Crippen molar-refractivity contribution in [1.29, 1.82) is 0 Å². The lowest BCUT2D eigenvalue weighted by Crippen LogP contribution is -2.11. The number of aromatic nitrogens is 3. The molecule has 0 unspecified atom stereocenters. The van der Waals surface area contributed by atoms with Gasteiger partial charge in [-0.15, -0.1) is 5.10 Å². The predicted octanol–water partition coefficient (Wildman–Crippen LogP) is -0.0837. The summed E-state index contributed by atoms with van der Waals surface area (Å²) in [5, 5.41) is 9.68. The minimum Gasteiger partial charge on any atom is -0.458 e. The Kier molecular flexibility index (Phi) is 3.39. The third-order valence-electron chi connectivity index (χ3n) is 1.44. The van der Waals surface area contributed by atoms with Crippen molar-refractivity contribution in [3.8, 4) is 0 Å². The Morgan fingerprint density at radius 2 is 2.23 bits per heavy atom. The second-order valence-corrected chi connectivity index (χ2v) is 2.39. The first kappa shape index (κ1) is 9.66. The molecular weight excluding hydrogens is 174 g/mol. The van der Waals surface area contributed by atoms with Crippen molar-refractivity contribution >= 4 is 5.97 Å². The molecule has 0 spiro atoms. The number of methoxy groups -OCH3 is 1. The molecule has 0 bridgehead atoms. The first-order valence-corrected chi connectivity index (χ1v) is 3.79. The fraction of sp³-hybridized carbons (Fsp3) is 0.571. The summed E-state index contributed by atoms with van der Waals surface area (Å²) < 4.78 is 9.54. The summed E-state index contributed by atoms with van der Waals surface area (Å²) >= 11 is 0. The van der Waals surface area contributed by atoms with Crippen LogP contribution in [0.3, 0.4) is 0 Å². The molecule has 13 heavy (non-hydrogen) atoms. The highest BCUT2D eigenvalue weighted by Gasteiger charge is 2.13. The maximum Gasteiger partial charge on any atom is 0.360 e. The Balaban J connectivity index is 2.45. The Morgan fingerprint density at radius 1 is 1.46 bits per heavy atom. The van der Waals surface area contributed by atoms with Crippen LogP contribution in [0.4, 0.5) is 0 Å². The number of hydrogen-bond donors (Lipinski definition) is 1. The van der Waals surface area contributed by atoms with E-state index in [1.165, 1.54) is 7.11 Å². The third-order valence-corrected chi connectivity index (χ3v) is 1.44. The number of esters is 1. The molecule has 1 rings (SSSR count). The second kappa shape index (κ2) is 4.56. The van der Waals surface area contributed by atoms with Gasteiger partial charge < -0.3 is 9.47 Å². The molecule has 0 saturated carbocycles. The number of H-pyrrole nitrogens is 1. The van der Waals surface area contributed by atoms with E-state index in [4.69, 9.17) is 9.47 Å². The normalized spacial score (nSPS) is 10.0. The van der Waals surface area contributed by atoms with Crippen molar-refractivity contribution < 1.29 is 14.3 Å². The Bertz CT molecular complexity index is 284. The van der Waals surface area contributed by atoms with Gasteiger partial charge in [-0.1, -0.05) is 0 Å². The lowest BCUT2D eigenvalue weighted by Gasteiger charge is -2.00. The van der Waals surface area contributed by atoms with Crippen LogP contribution < -0.4 is 0 Å². The van der Waals surface area contributed by atoms with Crippen LogP contribution in [0.1, 0.15) is 16.2 Å².